The maximum absolute atomic E-state index is 12.0. The van der Waals surface area contributed by atoms with Crippen LogP contribution in [0.1, 0.15) is 57.9 Å². The molecule has 2 heterocycles. The van der Waals surface area contributed by atoms with E-state index in [-0.39, 0.29) is 42.0 Å². The van der Waals surface area contributed by atoms with Crippen molar-refractivity contribution in [2.24, 2.45) is 10.9 Å². The molecule has 168 valence electrons. The number of nitrogens with zero attached hydrogens (tertiary/aromatic N) is 3. The zero-order valence-electron chi connectivity index (χ0n) is 18.1. The smallest absolute Gasteiger partial charge is 0.309 e. The molecule has 0 spiro atoms. The van der Waals surface area contributed by atoms with Crippen molar-refractivity contribution in [2.45, 2.75) is 65.0 Å². The number of nitrogens with one attached hydrogen (secondary N) is 1. The summed E-state index contributed by atoms with van der Waals surface area (Å²) >= 11 is 0. The Morgan fingerprint density at radius 1 is 1.23 bits per heavy atom. The number of piperidine rings is 1. The lowest BCUT2D eigenvalue weighted by Gasteiger charge is -2.33. The van der Waals surface area contributed by atoms with Gasteiger partial charge in [0.25, 0.3) is 0 Å². The summed E-state index contributed by atoms with van der Waals surface area (Å²) in [5.41, 5.74) is 1.01. The second kappa shape index (κ2) is 13.0. The molecule has 2 fully saturated rings. The van der Waals surface area contributed by atoms with E-state index in [2.05, 4.69) is 22.1 Å². The van der Waals surface area contributed by atoms with Crippen LogP contribution >= 0.6 is 24.0 Å². The first-order valence-corrected chi connectivity index (χ1v) is 11.0. The first-order valence-electron chi connectivity index (χ1n) is 11.0. The van der Waals surface area contributed by atoms with Gasteiger partial charge >= 0.3 is 5.97 Å². The third-order valence-electron chi connectivity index (χ3n) is 5.58. The Morgan fingerprint density at radius 3 is 2.63 bits per heavy atom. The molecule has 0 bridgehead atoms. The van der Waals surface area contributed by atoms with E-state index in [0.29, 0.717) is 19.0 Å². The van der Waals surface area contributed by atoms with Crippen molar-refractivity contribution in [3.8, 4) is 5.88 Å². The number of guanidine groups is 1. The number of esters is 1. The maximum Gasteiger partial charge on any atom is 0.309 e. The summed E-state index contributed by atoms with van der Waals surface area (Å²) in [4.78, 5) is 23.5. The summed E-state index contributed by atoms with van der Waals surface area (Å²) in [6, 6.07) is 3.97. The summed E-state index contributed by atoms with van der Waals surface area (Å²) in [5.74, 6) is 1.52. The van der Waals surface area contributed by atoms with Gasteiger partial charge in [-0.2, -0.15) is 0 Å². The van der Waals surface area contributed by atoms with Gasteiger partial charge in [0.05, 0.1) is 19.1 Å². The highest BCUT2D eigenvalue weighted by Gasteiger charge is 2.27. The minimum absolute atomic E-state index is 0. The van der Waals surface area contributed by atoms with Gasteiger partial charge in [-0.3, -0.25) is 4.79 Å². The molecular formula is C22H35IN4O3. The van der Waals surface area contributed by atoms with Gasteiger partial charge in [0.2, 0.25) is 5.88 Å². The van der Waals surface area contributed by atoms with Crippen LogP contribution in [0.25, 0.3) is 0 Å². The Labute approximate surface area is 197 Å². The minimum Gasteiger partial charge on any atom is -0.474 e. The van der Waals surface area contributed by atoms with Gasteiger partial charge in [-0.15, -0.1) is 24.0 Å². The van der Waals surface area contributed by atoms with Crippen LogP contribution in [0.5, 0.6) is 5.88 Å². The van der Waals surface area contributed by atoms with E-state index in [1.54, 1.807) is 6.20 Å². The molecule has 30 heavy (non-hydrogen) atoms. The minimum atomic E-state index is -0.0712. The third kappa shape index (κ3) is 6.99. The van der Waals surface area contributed by atoms with Crippen LogP contribution in [0.2, 0.25) is 0 Å². The van der Waals surface area contributed by atoms with Gasteiger partial charge in [0.15, 0.2) is 5.96 Å². The van der Waals surface area contributed by atoms with Crippen molar-refractivity contribution in [3.05, 3.63) is 23.9 Å². The van der Waals surface area contributed by atoms with E-state index in [1.807, 2.05) is 19.1 Å². The van der Waals surface area contributed by atoms with Crippen molar-refractivity contribution in [3.63, 3.8) is 0 Å². The van der Waals surface area contributed by atoms with E-state index < -0.39 is 0 Å². The Kier molecular flexibility index (Phi) is 10.7. The van der Waals surface area contributed by atoms with Gasteiger partial charge in [-0.25, -0.2) is 9.98 Å². The number of likely N-dealkylation sites (tertiary alicyclic amines) is 1. The summed E-state index contributed by atoms with van der Waals surface area (Å²) in [7, 11) is 0. The summed E-state index contributed by atoms with van der Waals surface area (Å²) in [6.45, 7) is 7.29. The molecule has 1 aliphatic heterocycles. The quantitative estimate of drug-likeness (QED) is 0.251. The number of hydrogen-bond donors (Lipinski definition) is 1. The molecule has 8 heteroatoms. The van der Waals surface area contributed by atoms with Crippen molar-refractivity contribution in [2.75, 3.05) is 26.2 Å². The van der Waals surface area contributed by atoms with Crippen molar-refractivity contribution in [1.82, 2.24) is 15.2 Å². The maximum atomic E-state index is 12.0. The molecule has 0 atom stereocenters. The Hall–Kier alpha value is -1.58. The van der Waals surface area contributed by atoms with Crippen LogP contribution in [0.3, 0.4) is 0 Å². The molecule has 0 unspecified atom stereocenters. The van der Waals surface area contributed by atoms with Crippen LogP contribution in [0, 0.1) is 5.92 Å². The van der Waals surface area contributed by atoms with E-state index >= 15 is 0 Å². The Balaban J connectivity index is 0.00000320. The van der Waals surface area contributed by atoms with Crippen molar-refractivity contribution >= 4 is 35.9 Å². The molecule has 1 aliphatic carbocycles. The third-order valence-corrected chi connectivity index (χ3v) is 5.58. The second-order valence-corrected chi connectivity index (χ2v) is 7.68. The standard InChI is InChI=1S/C22H34N4O3.HI/c1-3-23-22(26-14-11-17(12-15-26)21(27)28-4-2)25-16-18-8-7-13-24-20(18)29-19-9-5-6-10-19;/h7-8,13,17,19H,3-6,9-12,14-16H2,1-2H3,(H,23,25);1H. The molecular weight excluding hydrogens is 495 g/mol. The number of halogens is 1. The molecule has 1 aromatic heterocycles. The van der Waals surface area contributed by atoms with Gasteiger partial charge in [0, 0.05) is 31.4 Å². The molecule has 2 aliphatic rings. The number of carbonyl (C=O) groups excluding carboxylic acids is 1. The average Bonchev–Trinajstić information content (AvgIpc) is 3.25. The molecule has 1 saturated heterocycles. The fourth-order valence-electron chi connectivity index (χ4n) is 3.99. The van der Waals surface area contributed by atoms with Crippen LogP contribution in [-0.2, 0) is 16.1 Å². The molecule has 1 N–H and O–H groups in total. The topological polar surface area (TPSA) is 76.1 Å². The second-order valence-electron chi connectivity index (χ2n) is 7.68. The summed E-state index contributed by atoms with van der Waals surface area (Å²) < 4.78 is 11.3. The van der Waals surface area contributed by atoms with Crippen LogP contribution < -0.4 is 10.1 Å². The van der Waals surface area contributed by atoms with Gasteiger partial charge in [-0.05, 0) is 58.4 Å². The van der Waals surface area contributed by atoms with E-state index in [0.717, 1.165) is 56.8 Å². The van der Waals surface area contributed by atoms with E-state index in [9.17, 15) is 4.79 Å². The van der Waals surface area contributed by atoms with Crippen LogP contribution in [0.15, 0.2) is 23.3 Å². The van der Waals surface area contributed by atoms with Crippen LogP contribution in [0.4, 0.5) is 0 Å². The lowest BCUT2D eigenvalue weighted by molar-refractivity contribution is -0.149. The fraction of sp³-hybridized carbons (Fsp3) is 0.682. The lowest BCUT2D eigenvalue weighted by Crippen LogP contribution is -2.46. The number of rotatable bonds is 7. The number of aliphatic imine (C=N–C) groups is 1. The predicted octanol–water partition coefficient (Wildman–Crippen LogP) is 3.76. The largest absolute Gasteiger partial charge is 0.474 e. The molecule has 0 amide bonds. The van der Waals surface area contributed by atoms with Crippen LogP contribution in [-0.4, -0.2) is 54.2 Å². The summed E-state index contributed by atoms with van der Waals surface area (Å²) in [6.07, 6.45) is 8.34. The van der Waals surface area contributed by atoms with E-state index in [1.165, 1.54) is 12.8 Å². The number of hydrogen-bond acceptors (Lipinski definition) is 5. The van der Waals surface area contributed by atoms with Gasteiger partial charge in [0.1, 0.15) is 6.10 Å². The zero-order chi connectivity index (χ0) is 20.5. The monoisotopic (exact) mass is 530 g/mol. The summed E-state index contributed by atoms with van der Waals surface area (Å²) in [5, 5.41) is 3.38. The Bertz CT molecular complexity index is 687. The molecule has 7 nitrogen and oxygen atoms in total. The highest BCUT2D eigenvalue weighted by molar-refractivity contribution is 14.0. The number of pyridine rings is 1. The van der Waals surface area contributed by atoms with Crippen molar-refractivity contribution < 1.29 is 14.3 Å². The molecule has 1 saturated carbocycles. The van der Waals surface area contributed by atoms with Gasteiger partial charge < -0.3 is 19.7 Å². The first kappa shape index (κ1) is 24.7. The number of carbonyl (C=O) groups is 1. The Morgan fingerprint density at radius 2 is 1.97 bits per heavy atom. The number of ether oxygens (including phenoxy) is 2. The van der Waals surface area contributed by atoms with Gasteiger partial charge in [-0.1, -0.05) is 6.07 Å². The molecule has 3 rings (SSSR count). The van der Waals surface area contributed by atoms with E-state index in [4.69, 9.17) is 14.5 Å². The number of aromatic nitrogens is 1. The fourth-order valence-corrected chi connectivity index (χ4v) is 3.99. The normalized spacial score (nSPS) is 18.1. The molecule has 1 aromatic rings. The zero-order valence-corrected chi connectivity index (χ0v) is 20.5. The SMILES string of the molecule is CCNC(=NCc1cccnc1OC1CCCC1)N1CCC(C(=O)OCC)CC1.I. The average molecular weight is 530 g/mol. The molecule has 0 aromatic carbocycles. The lowest BCUT2D eigenvalue weighted by atomic mass is 9.97. The van der Waals surface area contributed by atoms with Crippen molar-refractivity contribution in [1.29, 1.82) is 0 Å². The first-order chi connectivity index (χ1) is 14.2. The highest BCUT2D eigenvalue weighted by Crippen LogP contribution is 2.25. The molecule has 0 radical (unpaired) electrons. The highest BCUT2D eigenvalue weighted by atomic mass is 127. The predicted molar refractivity (Wildman–Crippen MR) is 128 cm³/mol.